The summed E-state index contributed by atoms with van der Waals surface area (Å²) >= 11 is 1.52. The van der Waals surface area contributed by atoms with E-state index in [-0.39, 0.29) is 25.0 Å². The van der Waals surface area contributed by atoms with Crippen molar-refractivity contribution < 1.29 is 28.2 Å². The largest absolute Gasteiger partial charge is 0.497 e. The molecule has 4 rings (SSSR count). The van der Waals surface area contributed by atoms with Crippen LogP contribution in [0.4, 0.5) is 5.69 Å². The first-order valence-corrected chi connectivity index (χ1v) is 11.4. The third-order valence-electron chi connectivity index (χ3n) is 4.87. The van der Waals surface area contributed by atoms with Crippen LogP contribution in [0.25, 0.3) is 10.8 Å². The highest BCUT2D eigenvalue weighted by Crippen LogP contribution is 2.28. The fraction of sp³-hybridized carbons (Fsp3) is 0.160. The fourth-order valence-corrected chi connectivity index (χ4v) is 3.77. The van der Waals surface area contributed by atoms with Gasteiger partial charge in [0.05, 0.1) is 31.3 Å². The van der Waals surface area contributed by atoms with Crippen LogP contribution in [0.1, 0.15) is 16.1 Å². The summed E-state index contributed by atoms with van der Waals surface area (Å²) in [5, 5.41) is 7.48. The molecule has 0 fully saturated rings. The van der Waals surface area contributed by atoms with Gasteiger partial charge in [-0.3, -0.25) is 9.59 Å². The van der Waals surface area contributed by atoms with Gasteiger partial charge in [0.2, 0.25) is 5.89 Å². The van der Waals surface area contributed by atoms with Crippen LogP contribution in [0.2, 0.25) is 0 Å². The van der Waals surface area contributed by atoms with Crippen molar-refractivity contribution in [3.05, 3.63) is 77.5 Å². The maximum absolute atomic E-state index is 12.6. The van der Waals surface area contributed by atoms with Gasteiger partial charge in [0.15, 0.2) is 18.1 Å². The highest BCUT2D eigenvalue weighted by Gasteiger charge is 2.14. The van der Waals surface area contributed by atoms with Crippen LogP contribution in [-0.4, -0.2) is 37.6 Å². The molecule has 4 aromatic rings. The molecule has 0 radical (unpaired) electrons. The Balaban J connectivity index is 1.31. The molecule has 0 aliphatic heterocycles. The van der Waals surface area contributed by atoms with Gasteiger partial charge >= 0.3 is 0 Å². The minimum absolute atomic E-state index is 0.208. The second-order valence-electron chi connectivity index (χ2n) is 7.23. The van der Waals surface area contributed by atoms with Crippen molar-refractivity contribution >= 4 is 28.8 Å². The molecule has 2 heterocycles. The van der Waals surface area contributed by atoms with Gasteiger partial charge in [-0.15, -0.1) is 11.3 Å². The summed E-state index contributed by atoms with van der Waals surface area (Å²) in [5.41, 5.74) is 1.60. The topological polar surface area (TPSA) is 112 Å². The van der Waals surface area contributed by atoms with Gasteiger partial charge in [0.25, 0.3) is 11.8 Å². The summed E-state index contributed by atoms with van der Waals surface area (Å²) in [6.07, 6.45) is 1.52. The van der Waals surface area contributed by atoms with Crippen LogP contribution >= 0.6 is 11.3 Å². The van der Waals surface area contributed by atoms with Crippen LogP contribution in [0.3, 0.4) is 0 Å². The average Bonchev–Trinajstić information content (AvgIpc) is 3.59. The van der Waals surface area contributed by atoms with Crippen molar-refractivity contribution in [2.75, 3.05) is 26.1 Å². The number of carbonyl (C=O) groups excluding carboxylic acids is 2. The SMILES string of the molecule is COc1ccc(NC(=O)COc2ccc(C(=O)NCc3coc(-c4cccs4)n3)cc2OC)cc1. The Morgan fingerprint density at radius 3 is 2.57 bits per heavy atom. The first kappa shape index (κ1) is 23.8. The minimum Gasteiger partial charge on any atom is -0.497 e. The first-order chi connectivity index (χ1) is 17.1. The number of hydrogen-bond acceptors (Lipinski definition) is 8. The average molecular weight is 494 g/mol. The summed E-state index contributed by atoms with van der Waals surface area (Å²) in [7, 11) is 3.03. The van der Waals surface area contributed by atoms with E-state index in [4.69, 9.17) is 18.6 Å². The van der Waals surface area contributed by atoms with Crippen LogP contribution < -0.4 is 24.8 Å². The van der Waals surface area contributed by atoms with E-state index in [9.17, 15) is 9.59 Å². The van der Waals surface area contributed by atoms with Gasteiger partial charge in [-0.1, -0.05) is 6.07 Å². The number of aromatic nitrogens is 1. The Bertz CT molecular complexity index is 1290. The van der Waals surface area contributed by atoms with E-state index in [1.54, 1.807) is 49.6 Å². The number of thiophene rings is 1. The lowest BCUT2D eigenvalue weighted by molar-refractivity contribution is -0.118. The van der Waals surface area contributed by atoms with Crippen LogP contribution in [0, 0.1) is 0 Å². The fourth-order valence-electron chi connectivity index (χ4n) is 3.12. The number of carbonyl (C=O) groups is 2. The quantitative estimate of drug-likeness (QED) is 0.337. The maximum Gasteiger partial charge on any atom is 0.262 e. The van der Waals surface area contributed by atoms with Crippen LogP contribution in [-0.2, 0) is 11.3 Å². The smallest absolute Gasteiger partial charge is 0.262 e. The van der Waals surface area contributed by atoms with Crippen molar-refractivity contribution in [3.63, 3.8) is 0 Å². The molecule has 2 aromatic carbocycles. The minimum atomic E-state index is -0.339. The molecule has 10 heteroatoms. The van der Waals surface area contributed by atoms with Crippen molar-refractivity contribution in [1.29, 1.82) is 0 Å². The molecule has 2 N–H and O–H groups in total. The molecule has 35 heavy (non-hydrogen) atoms. The number of nitrogens with zero attached hydrogens (tertiary/aromatic N) is 1. The van der Waals surface area contributed by atoms with Crippen LogP contribution in [0.5, 0.6) is 17.2 Å². The number of nitrogens with one attached hydrogen (secondary N) is 2. The lowest BCUT2D eigenvalue weighted by Crippen LogP contribution is -2.23. The lowest BCUT2D eigenvalue weighted by Gasteiger charge is -2.12. The Labute approximate surface area is 205 Å². The van der Waals surface area contributed by atoms with Crippen molar-refractivity contribution in [3.8, 4) is 28.0 Å². The summed E-state index contributed by atoms with van der Waals surface area (Å²) in [6, 6.07) is 15.5. The normalized spacial score (nSPS) is 10.5. The number of methoxy groups -OCH3 is 2. The molecule has 0 spiro atoms. The third kappa shape index (κ3) is 6.18. The lowest BCUT2D eigenvalue weighted by atomic mass is 10.2. The number of benzene rings is 2. The molecule has 0 saturated heterocycles. The molecule has 0 saturated carbocycles. The van der Waals surface area contributed by atoms with E-state index in [2.05, 4.69) is 15.6 Å². The van der Waals surface area contributed by atoms with E-state index in [0.717, 1.165) is 4.88 Å². The Kier molecular flexibility index (Phi) is 7.63. The van der Waals surface area contributed by atoms with Crippen molar-refractivity contribution in [2.45, 2.75) is 6.54 Å². The summed E-state index contributed by atoms with van der Waals surface area (Å²) in [4.78, 5) is 30.1. The second-order valence-corrected chi connectivity index (χ2v) is 8.18. The first-order valence-electron chi connectivity index (χ1n) is 10.6. The van der Waals surface area contributed by atoms with Crippen LogP contribution in [0.15, 0.2) is 70.7 Å². The predicted molar refractivity (Wildman–Crippen MR) is 131 cm³/mol. The number of amides is 2. The van der Waals surface area contributed by atoms with Gasteiger partial charge in [0.1, 0.15) is 12.0 Å². The molecule has 0 aliphatic rings. The summed E-state index contributed by atoms with van der Waals surface area (Å²) in [6.45, 7) is -0.0214. The molecule has 2 aromatic heterocycles. The van der Waals surface area contributed by atoms with Gasteiger partial charge in [-0.05, 0) is 53.9 Å². The second kappa shape index (κ2) is 11.2. The number of ether oxygens (including phenoxy) is 3. The summed E-state index contributed by atoms with van der Waals surface area (Å²) < 4.78 is 21.5. The molecular weight excluding hydrogens is 470 g/mol. The third-order valence-corrected chi connectivity index (χ3v) is 5.73. The zero-order valence-electron chi connectivity index (χ0n) is 19.1. The monoisotopic (exact) mass is 493 g/mol. The Hall–Kier alpha value is -4.31. The van der Waals surface area contributed by atoms with Gasteiger partial charge < -0.3 is 29.3 Å². The molecule has 0 bridgehead atoms. The van der Waals surface area contributed by atoms with E-state index >= 15 is 0 Å². The summed E-state index contributed by atoms with van der Waals surface area (Å²) in [5.74, 6) is 1.23. The standard InChI is InChI=1S/C25H23N3O6S/c1-31-19-8-6-17(7-9-19)27-23(29)15-33-20-10-5-16(12-21(20)32-2)24(30)26-13-18-14-34-25(28-18)22-4-3-11-35-22/h3-12,14H,13,15H2,1-2H3,(H,26,30)(H,27,29). The number of anilines is 1. The van der Waals surface area contributed by atoms with Gasteiger partial charge in [-0.25, -0.2) is 4.98 Å². The van der Waals surface area contributed by atoms with Crippen molar-refractivity contribution in [1.82, 2.24) is 10.3 Å². The van der Waals surface area contributed by atoms with E-state index < -0.39 is 0 Å². The van der Waals surface area contributed by atoms with Gasteiger partial charge in [0, 0.05) is 11.3 Å². The number of hydrogen-bond donors (Lipinski definition) is 2. The van der Waals surface area contributed by atoms with Crippen molar-refractivity contribution in [2.24, 2.45) is 0 Å². The zero-order chi connectivity index (χ0) is 24.6. The highest BCUT2D eigenvalue weighted by molar-refractivity contribution is 7.13. The molecule has 0 aliphatic carbocycles. The van der Waals surface area contributed by atoms with E-state index in [0.29, 0.717) is 40.1 Å². The molecule has 0 atom stereocenters. The Morgan fingerprint density at radius 2 is 1.86 bits per heavy atom. The maximum atomic E-state index is 12.6. The highest BCUT2D eigenvalue weighted by atomic mass is 32.1. The van der Waals surface area contributed by atoms with Gasteiger partial charge in [-0.2, -0.15) is 0 Å². The molecular formula is C25H23N3O6S. The zero-order valence-corrected chi connectivity index (χ0v) is 19.9. The molecule has 9 nitrogen and oxygen atoms in total. The number of oxazole rings is 1. The van der Waals surface area contributed by atoms with E-state index in [1.165, 1.54) is 24.7 Å². The molecule has 180 valence electrons. The molecule has 0 unspecified atom stereocenters. The Morgan fingerprint density at radius 1 is 1.03 bits per heavy atom. The molecule has 2 amide bonds. The number of rotatable bonds is 10. The predicted octanol–water partition coefficient (Wildman–Crippen LogP) is 4.37. The van der Waals surface area contributed by atoms with E-state index in [1.807, 2.05) is 17.5 Å².